The van der Waals surface area contributed by atoms with Crippen molar-refractivity contribution in [1.82, 2.24) is 0 Å². The molecule has 0 radical (unpaired) electrons. The van der Waals surface area contributed by atoms with Gasteiger partial charge in [-0.15, -0.1) is 0 Å². The predicted molar refractivity (Wildman–Crippen MR) is 116 cm³/mol. The van der Waals surface area contributed by atoms with Crippen molar-refractivity contribution in [3.63, 3.8) is 0 Å². The molecule has 3 aromatic rings. The highest BCUT2D eigenvalue weighted by molar-refractivity contribution is 9.10. The first-order valence-electron chi connectivity index (χ1n) is 9.09. The lowest BCUT2D eigenvalue weighted by molar-refractivity contribution is 0.414. The second kappa shape index (κ2) is 7.76. The molecule has 3 aromatic carbocycles. The van der Waals surface area contributed by atoms with Crippen LogP contribution in [-0.2, 0) is 0 Å². The number of rotatable bonds is 5. The van der Waals surface area contributed by atoms with Crippen molar-refractivity contribution in [2.45, 2.75) is 5.92 Å². The average molecular weight is 440 g/mol. The van der Waals surface area contributed by atoms with Crippen LogP contribution in [0.5, 0.6) is 17.2 Å². The third-order valence-electron chi connectivity index (χ3n) is 5.23. The fourth-order valence-corrected chi connectivity index (χ4v) is 4.48. The number of anilines is 1. The van der Waals surface area contributed by atoms with Gasteiger partial charge >= 0.3 is 0 Å². The molecule has 0 bridgehead atoms. The molecule has 0 amide bonds. The molecule has 0 spiro atoms. The van der Waals surface area contributed by atoms with Crippen LogP contribution in [0.3, 0.4) is 0 Å². The van der Waals surface area contributed by atoms with Crippen LogP contribution in [0.1, 0.15) is 17.0 Å². The predicted octanol–water partition coefficient (Wildman–Crippen LogP) is 5.70. The molecule has 0 aliphatic carbocycles. The van der Waals surface area contributed by atoms with Crippen LogP contribution in [0.15, 0.2) is 59.1 Å². The highest BCUT2D eigenvalue weighted by Crippen LogP contribution is 2.50. The largest absolute Gasteiger partial charge is 0.497 e. The van der Waals surface area contributed by atoms with Crippen LogP contribution in [-0.4, -0.2) is 27.9 Å². The first-order valence-corrected chi connectivity index (χ1v) is 9.88. The van der Waals surface area contributed by atoms with Gasteiger partial charge in [-0.25, -0.2) is 0 Å². The SMILES string of the molecule is COc1ccc(-c2c(OC)cc(Br)c3c2NCC3c2ccc(OC)cc2)cc1. The Balaban J connectivity index is 1.83. The standard InChI is InChI=1S/C23H22BrNO3/c1-26-16-8-4-14(5-9-16)18-13-25-23-21(15-6-10-17(27-2)11-7-15)20(28-3)12-19(24)22(18)23/h4-12,18,25H,13H2,1-3H3. The zero-order chi connectivity index (χ0) is 19.7. The van der Waals surface area contributed by atoms with E-state index in [-0.39, 0.29) is 5.92 Å². The maximum absolute atomic E-state index is 5.72. The summed E-state index contributed by atoms with van der Waals surface area (Å²) in [4.78, 5) is 0. The first-order chi connectivity index (χ1) is 13.7. The van der Waals surface area contributed by atoms with Gasteiger partial charge in [0.15, 0.2) is 0 Å². The summed E-state index contributed by atoms with van der Waals surface area (Å²) in [5.41, 5.74) is 5.76. The Hall–Kier alpha value is -2.66. The van der Waals surface area contributed by atoms with Crippen molar-refractivity contribution < 1.29 is 14.2 Å². The van der Waals surface area contributed by atoms with E-state index in [4.69, 9.17) is 14.2 Å². The molecule has 1 heterocycles. The molecule has 1 N–H and O–H groups in total. The van der Waals surface area contributed by atoms with Gasteiger partial charge in [0, 0.05) is 22.5 Å². The van der Waals surface area contributed by atoms with E-state index in [9.17, 15) is 0 Å². The maximum Gasteiger partial charge on any atom is 0.129 e. The van der Waals surface area contributed by atoms with E-state index in [0.29, 0.717) is 0 Å². The quantitative estimate of drug-likeness (QED) is 0.553. The number of fused-ring (bicyclic) bond motifs is 1. The van der Waals surface area contributed by atoms with Gasteiger partial charge in [0.1, 0.15) is 17.2 Å². The molecule has 4 nitrogen and oxygen atoms in total. The van der Waals surface area contributed by atoms with Crippen molar-refractivity contribution in [2.24, 2.45) is 0 Å². The van der Waals surface area contributed by atoms with Gasteiger partial charge in [0.05, 0.1) is 27.0 Å². The molecule has 1 unspecified atom stereocenters. The Labute approximate surface area is 173 Å². The van der Waals surface area contributed by atoms with Crippen molar-refractivity contribution in [2.75, 3.05) is 33.2 Å². The molecule has 0 aromatic heterocycles. The van der Waals surface area contributed by atoms with Gasteiger partial charge in [-0.05, 0) is 47.0 Å². The van der Waals surface area contributed by atoms with Gasteiger partial charge in [0.2, 0.25) is 0 Å². The zero-order valence-corrected chi connectivity index (χ0v) is 17.7. The molecule has 5 heteroatoms. The van der Waals surface area contributed by atoms with E-state index >= 15 is 0 Å². The third-order valence-corrected chi connectivity index (χ3v) is 5.89. The van der Waals surface area contributed by atoms with E-state index in [1.807, 2.05) is 24.3 Å². The molecular weight excluding hydrogens is 418 g/mol. The third kappa shape index (κ3) is 3.20. The Morgan fingerprint density at radius 1 is 0.857 bits per heavy atom. The van der Waals surface area contributed by atoms with E-state index in [1.54, 1.807) is 21.3 Å². The van der Waals surface area contributed by atoms with Crippen molar-refractivity contribution >= 4 is 21.6 Å². The summed E-state index contributed by atoms with van der Waals surface area (Å²) >= 11 is 3.77. The molecular formula is C23H22BrNO3. The first kappa shape index (κ1) is 18.7. The Kier molecular flexibility index (Phi) is 5.18. The van der Waals surface area contributed by atoms with Crippen molar-refractivity contribution in [3.05, 3.63) is 70.2 Å². The number of hydrogen-bond donors (Lipinski definition) is 1. The highest BCUT2D eigenvalue weighted by atomic mass is 79.9. The topological polar surface area (TPSA) is 39.7 Å². The summed E-state index contributed by atoms with van der Waals surface area (Å²) in [5, 5.41) is 3.62. The Morgan fingerprint density at radius 2 is 1.46 bits per heavy atom. The van der Waals surface area contributed by atoms with Crippen LogP contribution in [0, 0.1) is 0 Å². The number of methoxy groups -OCH3 is 3. The summed E-state index contributed by atoms with van der Waals surface area (Å²) in [6.45, 7) is 0.830. The van der Waals surface area contributed by atoms with Crippen LogP contribution >= 0.6 is 15.9 Å². The summed E-state index contributed by atoms with van der Waals surface area (Å²) in [7, 11) is 5.07. The van der Waals surface area contributed by atoms with Gasteiger partial charge < -0.3 is 19.5 Å². The summed E-state index contributed by atoms with van der Waals surface area (Å²) < 4.78 is 17.4. The molecule has 1 aliphatic rings. The van der Waals surface area contributed by atoms with Crippen molar-refractivity contribution in [3.8, 4) is 28.4 Å². The maximum atomic E-state index is 5.72. The zero-order valence-electron chi connectivity index (χ0n) is 16.1. The van der Waals surface area contributed by atoms with E-state index in [1.165, 1.54) is 11.1 Å². The normalized spacial score (nSPS) is 14.9. The lowest BCUT2D eigenvalue weighted by Gasteiger charge is -2.18. The summed E-state index contributed by atoms with van der Waals surface area (Å²) in [6, 6.07) is 18.4. The smallest absolute Gasteiger partial charge is 0.129 e. The van der Waals surface area contributed by atoms with Gasteiger partial charge in [-0.2, -0.15) is 0 Å². The minimum atomic E-state index is 0.248. The minimum absolute atomic E-state index is 0.248. The number of nitrogens with one attached hydrogen (secondary N) is 1. The molecule has 0 fully saturated rings. The lowest BCUT2D eigenvalue weighted by atomic mass is 9.90. The van der Waals surface area contributed by atoms with Crippen LogP contribution in [0.2, 0.25) is 0 Å². The number of ether oxygens (including phenoxy) is 3. The summed E-state index contributed by atoms with van der Waals surface area (Å²) in [6.07, 6.45) is 0. The molecule has 4 rings (SSSR count). The highest BCUT2D eigenvalue weighted by Gasteiger charge is 2.31. The number of benzene rings is 3. The molecule has 28 heavy (non-hydrogen) atoms. The monoisotopic (exact) mass is 439 g/mol. The Bertz CT molecular complexity index is 984. The van der Waals surface area contributed by atoms with E-state index < -0.39 is 0 Å². The van der Waals surface area contributed by atoms with Crippen LogP contribution < -0.4 is 19.5 Å². The van der Waals surface area contributed by atoms with E-state index in [2.05, 4.69) is 51.6 Å². The van der Waals surface area contributed by atoms with Crippen LogP contribution in [0.4, 0.5) is 5.69 Å². The average Bonchev–Trinajstić information content (AvgIpc) is 3.19. The van der Waals surface area contributed by atoms with Gasteiger partial charge in [0.25, 0.3) is 0 Å². The number of halogens is 1. The molecule has 144 valence electrons. The van der Waals surface area contributed by atoms with Gasteiger partial charge in [-0.3, -0.25) is 0 Å². The molecule has 1 atom stereocenters. The summed E-state index contributed by atoms with van der Waals surface area (Å²) in [5.74, 6) is 2.78. The molecule has 1 aliphatic heterocycles. The Morgan fingerprint density at radius 3 is 2.04 bits per heavy atom. The number of hydrogen-bond acceptors (Lipinski definition) is 4. The van der Waals surface area contributed by atoms with Crippen molar-refractivity contribution in [1.29, 1.82) is 0 Å². The second-order valence-electron chi connectivity index (χ2n) is 6.66. The van der Waals surface area contributed by atoms with Gasteiger partial charge in [-0.1, -0.05) is 40.2 Å². The fraction of sp³-hybridized carbons (Fsp3) is 0.217. The fourth-order valence-electron chi connectivity index (χ4n) is 3.80. The van der Waals surface area contributed by atoms with E-state index in [0.717, 1.165) is 45.1 Å². The lowest BCUT2D eigenvalue weighted by Crippen LogP contribution is -2.03. The second-order valence-corrected chi connectivity index (χ2v) is 7.51. The van der Waals surface area contributed by atoms with Crippen LogP contribution in [0.25, 0.3) is 11.1 Å². The molecule has 0 saturated carbocycles. The molecule has 0 saturated heterocycles. The minimum Gasteiger partial charge on any atom is -0.497 e.